The van der Waals surface area contributed by atoms with Crippen LogP contribution in [0.5, 0.6) is 0 Å². The van der Waals surface area contributed by atoms with Crippen LogP contribution in [0.4, 0.5) is 0 Å². The molecule has 4 heteroatoms. The minimum atomic E-state index is -0.135. The van der Waals surface area contributed by atoms with E-state index in [9.17, 15) is 4.79 Å². The lowest BCUT2D eigenvalue weighted by Crippen LogP contribution is -2.35. The Hall–Kier alpha value is -1.29. The van der Waals surface area contributed by atoms with Gasteiger partial charge in [-0.05, 0) is 37.3 Å². The van der Waals surface area contributed by atoms with Crippen molar-refractivity contribution in [1.29, 1.82) is 0 Å². The van der Waals surface area contributed by atoms with Crippen molar-refractivity contribution in [2.45, 2.75) is 31.7 Å². The molecule has 1 aliphatic rings. The Kier molecular flexibility index (Phi) is 3.62. The van der Waals surface area contributed by atoms with E-state index in [1.807, 2.05) is 0 Å². The smallest absolute Gasteiger partial charge is 0.286 e. The van der Waals surface area contributed by atoms with E-state index in [4.69, 9.17) is 10.2 Å². The first kappa shape index (κ1) is 11.2. The van der Waals surface area contributed by atoms with Crippen molar-refractivity contribution in [3.63, 3.8) is 0 Å². The number of hydrogen-bond acceptors (Lipinski definition) is 3. The predicted octanol–water partition coefficient (Wildman–Crippen LogP) is 1.53. The van der Waals surface area contributed by atoms with Gasteiger partial charge in [0.15, 0.2) is 5.76 Å². The highest BCUT2D eigenvalue weighted by Gasteiger charge is 2.20. The molecule has 1 saturated carbocycles. The van der Waals surface area contributed by atoms with Gasteiger partial charge in [0, 0.05) is 12.6 Å². The van der Waals surface area contributed by atoms with Gasteiger partial charge in [0.25, 0.3) is 5.91 Å². The molecular formula is C12H18N2O2. The molecule has 16 heavy (non-hydrogen) atoms. The fourth-order valence-electron chi connectivity index (χ4n) is 2.25. The van der Waals surface area contributed by atoms with Crippen LogP contribution in [-0.4, -0.2) is 18.5 Å². The van der Waals surface area contributed by atoms with E-state index in [1.54, 1.807) is 12.1 Å². The summed E-state index contributed by atoms with van der Waals surface area (Å²) in [5, 5.41) is 2.89. The number of carbonyl (C=O) groups is 1. The summed E-state index contributed by atoms with van der Waals surface area (Å²) >= 11 is 0. The second-order valence-electron chi connectivity index (χ2n) is 4.48. The van der Waals surface area contributed by atoms with Crippen LogP contribution < -0.4 is 11.1 Å². The minimum absolute atomic E-state index is 0.135. The lowest BCUT2D eigenvalue weighted by molar-refractivity contribution is 0.0914. The molecule has 0 aromatic carbocycles. The van der Waals surface area contributed by atoms with E-state index in [0.29, 0.717) is 24.3 Å². The molecule has 0 radical (unpaired) electrons. The van der Waals surface area contributed by atoms with E-state index in [0.717, 1.165) is 19.3 Å². The van der Waals surface area contributed by atoms with Gasteiger partial charge in [0.05, 0.1) is 6.26 Å². The number of furan rings is 1. The Balaban J connectivity index is 1.77. The van der Waals surface area contributed by atoms with E-state index in [2.05, 4.69) is 5.32 Å². The summed E-state index contributed by atoms with van der Waals surface area (Å²) in [6, 6.07) is 3.69. The van der Waals surface area contributed by atoms with Crippen LogP contribution in [0.1, 0.15) is 36.2 Å². The van der Waals surface area contributed by atoms with Crippen molar-refractivity contribution in [2.75, 3.05) is 6.54 Å². The van der Waals surface area contributed by atoms with Crippen molar-refractivity contribution in [2.24, 2.45) is 11.7 Å². The molecule has 1 aliphatic carbocycles. The molecule has 0 aliphatic heterocycles. The maximum Gasteiger partial charge on any atom is 0.286 e. The quantitative estimate of drug-likeness (QED) is 0.814. The molecule has 2 atom stereocenters. The molecule has 1 fully saturated rings. The molecule has 3 N–H and O–H groups in total. The van der Waals surface area contributed by atoms with Crippen molar-refractivity contribution in [3.8, 4) is 0 Å². The standard InChI is InChI=1S/C12H18N2O2/c13-10-4-1-3-9(7-10)8-14-12(15)11-5-2-6-16-11/h2,5-6,9-10H,1,3-4,7-8,13H2,(H,14,15). The van der Waals surface area contributed by atoms with Crippen molar-refractivity contribution in [3.05, 3.63) is 24.2 Å². The van der Waals surface area contributed by atoms with Crippen molar-refractivity contribution < 1.29 is 9.21 Å². The van der Waals surface area contributed by atoms with Gasteiger partial charge in [0.2, 0.25) is 0 Å². The molecule has 1 aromatic rings. The summed E-state index contributed by atoms with van der Waals surface area (Å²) < 4.78 is 5.02. The first-order valence-corrected chi connectivity index (χ1v) is 5.83. The number of carbonyl (C=O) groups excluding carboxylic acids is 1. The number of amides is 1. The molecule has 0 saturated heterocycles. The normalized spacial score (nSPS) is 25.3. The highest BCUT2D eigenvalue weighted by molar-refractivity contribution is 5.91. The van der Waals surface area contributed by atoms with Gasteiger partial charge >= 0.3 is 0 Å². The first-order valence-electron chi connectivity index (χ1n) is 5.83. The summed E-state index contributed by atoms with van der Waals surface area (Å²) in [5.41, 5.74) is 5.89. The lowest BCUT2D eigenvalue weighted by atomic mass is 9.86. The van der Waals surface area contributed by atoms with Gasteiger partial charge in [-0.25, -0.2) is 0 Å². The average molecular weight is 222 g/mol. The van der Waals surface area contributed by atoms with Crippen LogP contribution in [0, 0.1) is 5.92 Å². The topological polar surface area (TPSA) is 68.3 Å². The van der Waals surface area contributed by atoms with Gasteiger partial charge in [0.1, 0.15) is 0 Å². The van der Waals surface area contributed by atoms with Crippen LogP contribution in [0.3, 0.4) is 0 Å². The zero-order valence-corrected chi connectivity index (χ0v) is 9.32. The average Bonchev–Trinajstić information content (AvgIpc) is 2.79. The van der Waals surface area contributed by atoms with Crippen LogP contribution >= 0.6 is 0 Å². The zero-order chi connectivity index (χ0) is 11.4. The monoisotopic (exact) mass is 222 g/mol. The molecule has 0 spiro atoms. The third-order valence-electron chi connectivity index (χ3n) is 3.12. The maximum atomic E-state index is 11.6. The third kappa shape index (κ3) is 2.85. The Morgan fingerprint density at radius 3 is 3.12 bits per heavy atom. The molecule has 88 valence electrons. The van der Waals surface area contributed by atoms with Gasteiger partial charge < -0.3 is 15.5 Å². The first-order chi connectivity index (χ1) is 7.75. The summed E-state index contributed by atoms with van der Waals surface area (Å²) in [5.74, 6) is 0.756. The SMILES string of the molecule is NC1CCCC(CNC(=O)c2ccco2)C1. The maximum absolute atomic E-state index is 11.6. The van der Waals surface area contributed by atoms with Crippen molar-refractivity contribution in [1.82, 2.24) is 5.32 Å². The fraction of sp³-hybridized carbons (Fsp3) is 0.583. The Morgan fingerprint density at radius 1 is 1.56 bits per heavy atom. The summed E-state index contributed by atoms with van der Waals surface area (Å²) in [4.78, 5) is 11.6. The molecular weight excluding hydrogens is 204 g/mol. The second kappa shape index (κ2) is 5.16. The number of nitrogens with two attached hydrogens (primary N) is 1. The highest BCUT2D eigenvalue weighted by atomic mass is 16.3. The van der Waals surface area contributed by atoms with Gasteiger partial charge in [-0.15, -0.1) is 0 Å². The number of rotatable bonds is 3. The van der Waals surface area contributed by atoms with Crippen molar-refractivity contribution >= 4 is 5.91 Å². The van der Waals surface area contributed by atoms with E-state index in [1.165, 1.54) is 12.7 Å². The fourth-order valence-corrected chi connectivity index (χ4v) is 2.25. The van der Waals surface area contributed by atoms with Gasteiger partial charge in [-0.2, -0.15) is 0 Å². The van der Waals surface area contributed by atoms with E-state index < -0.39 is 0 Å². The molecule has 0 bridgehead atoms. The second-order valence-corrected chi connectivity index (χ2v) is 4.48. The highest BCUT2D eigenvalue weighted by Crippen LogP contribution is 2.22. The number of hydrogen-bond donors (Lipinski definition) is 2. The van der Waals surface area contributed by atoms with E-state index in [-0.39, 0.29) is 5.91 Å². The molecule has 2 unspecified atom stereocenters. The summed E-state index contributed by atoms with van der Waals surface area (Å²) in [7, 11) is 0. The summed E-state index contributed by atoms with van der Waals surface area (Å²) in [6.07, 6.45) is 5.96. The Bertz CT molecular complexity index is 335. The Labute approximate surface area is 95.2 Å². The van der Waals surface area contributed by atoms with Crippen LogP contribution in [0.2, 0.25) is 0 Å². The molecule has 4 nitrogen and oxygen atoms in total. The molecule has 1 aromatic heterocycles. The molecule has 1 amide bonds. The van der Waals surface area contributed by atoms with Crippen LogP contribution in [0.25, 0.3) is 0 Å². The zero-order valence-electron chi connectivity index (χ0n) is 9.32. The minimum Gasteiger partial charge on any atom is -0.459 e. The number of nitrogens with one attached hydrogen (secondary N) is 1. The molecule has 1 heterocycles. The van der Waals surface area contributed by atoms with Crippen LogP contribution in [0.15, 0.2) is 22.8 Å². The largest absolute Gasteiger partial charge is 0.459 e. The third-order valence-corrected chi connectivity index (χ3v) is 3.12. The molecule has 2 rings (SSSR count). The summed E-state index contributed by atoms with van der Waals surface area (Å²) in [6.45, 7) is 0.702. The van der Waals surface area contributed by atoms with Gasteiger partial charge in [-0.3, -0.25) is 4.79 Å². The predicted molar refractivity (Wildman–Crippen MR) is 61.0 cm³/mol. The Morgan fingerprint density at radius 2 is 2.44 bits per heavy atom. The lowest BCUT2D eigenvalue weighted by Gasteiger charge is -2.26. The van der Waals surface area contributed by atoms with E-state index >= 15 is 0 Å². The van der Waals surface area contributed by atoms with Crippen LogP contribution in [-0.2, 0) is 0 Å². The van der Waals surface area contributed by atoms with Gasteiger partial charge in [-0.1, -0.05) is 6.42 Å².